The van der Waals surface area contributed by atoms with E-state index >= 15 is 0 Å². The summed E-state index contributed by atoms with van der Waals surface area (Å²) in [6.07, 6.45) is -4.43. The molecule has 4 nitrogen and oxygen atoms in total. The topological polar surface area (TPSA) is 50.4 Å². The molecule has 0 spiro atoms. The second kappa shape index (κ2) is 7.31. The first-order chi connectivity index (χ1) is 9.73. The van der Waals surface area contributed by atoms with E-state index in [1.54, 1.807) is 18.4 Å². The van der Waals surface area contributed by atoms with Crippen LogP contribution in [0.2, 0.25) is 0 Å². The van der Waals surface area contributed by atoms with E-state index in [1.807, 2.05) is 26.0 Å². The molecule has 1 atom stereocenters. The molecule has 0 saturated carbocycles. The summed E-state index contributed by atoms with van der Waals surface area (Å²) in [6, 6.07) is 5.42. The van der Waals surface area contributed by atoms with Crippen molar-refractivity contribution in [1.29, 1.82) is 0 Å². The Bertz CT molecular complexity index is 490. The Hall–Kier alpha value is -1.76. The molecular formula is C14H19F3N2O2. The number of carbonyl (C=O) groups is 1. The van der Waals surface area contributed by atoms with E-state index in [2.05, 4.69) is 5.32 Å². The van der Waals surface area contributed by atoms with E-state index in [1.165, 1.54) is 0 Å². The van der Waals surface area contributed by atoms with Crippen molar-refractivity contribution in [3.8, 4) is 5.75 Å². The van der Waals surface area contributed by atoms with Crippen LogP contribution >= 0.6 is 0 Å². The first-order valence-electron chi connectivity index (χ1n) is 6.47. The molecule has 0 bridgehead atoms. The first-order valence-corrected chi connectivity index (χ1v) is 6.47. The van der Waals surface area contributed by atoms with Gasteiger partial charge in [-0.2, -0.15) is 13.2 Å². The molecule has 1 aromatic carbocycles. The summed E-state index contributed by atoms with van der Waals surface area (Å²) in [5, 5.41) is 4.81. The maximum Gasteiger partial charge on any atom is 0.405 e. The highest BCUT2D eigenvalue weighted by Crippen LogP contribution is 2.26. The molecule has 118 valence electrons. The van der Waals surface area contributed by atoms with Crippen molar-refractivity contribution in [2.45, 2.75) is 26.1 Å². The average molecular weight is 304 g/mol. The minimum absolute atomic E-state index is 0.00173. The lowest BCUT2D eigenvalue weighted by molar-refractivity contribution is -0.139. The number of halogens is 3. The maximum atomic E-state index is 12.0. The normalized spacial score (nSPS) is 12.9. The first kappa shape index (κ1) is 17.3. The summed E-state index contributed by atoms with van der Waals surface area (Å²) >= 11 is 0. The van der Waals surface area contributed by atoms with E-state index in [0.29, 0.717) is 5.75 Å². The van der Waals surface area contributed by atoms with Gasteiger partial charge in [-0.3, -0.25) is 4.79 Å². The number of rotatable bonds is 6. The largest absolute Gasteiger partial charge is 0.483 e. The van der Waals surface area contributed by atoms with Crippen molar-refractivity contribution in [2.75, 3.05) is 20.2 Å². The van der Waals surface area contributed by atoms with Gasteiger partial charge in [0, 0.05) is 11.6 Å². The van der Waals surface area contributed by atoms with Crippen LogP contribution in [-0.2, 0) is 4.79 Å². The summed E-state index contributed by atoms with van der Waals surface area (Å²) in [4.78, 5) is 11.3. The number of aryl methyl sites for hydroxylation is 1. The molecule has 0 heterocycles. The molecular weight excluding hydrogens is 285 g/mol. The van der Waals surface area contributed by atoms with Gasteiger partial charge in [-0.25, -0.2) is 0 Å². The molecule has 1 amide bonds. The Morgan fingerprint density at radius 2 is 2.05 bits per heavy atom. The van der Waals surface area contributed by atoms with Crippen molar-refractivity contribution in [1.82, 2.24) is 10.6 Å². The average Bonchev–Trinajstić information content (AvgIpc) is 2.42. The molecule has 1 aromatic rings. The lowest BCUT2D eigenvalue weighted by Gasteiger charge is -2.17. The predicted molar refractivity (Wildman–Crippen MR) is 73.2 cm³/mol. The van der Waals surface area contributed by atoms with Gasteiger partial charge in [0.2, 0.25) is 0 Å². The number of nitrogens with one attached hydrogen (secondary N) is 2. The summed E-state index contributed by atoms with van der Waals surface area (Å²) in [7, 11) is 1.78. The fourth-order valence-corrected chi connectivity index (χ4v) is 1.69. The van der Waals surface area contributed by atoms with E-state index in [4.69, 9.17) is 4.74 Å². The molecule has 0 aromatic heterocycles. The van der Waals surface area contributed by atoms with Crippen LogP contribution in [0.5, 0.6) is 5.75 Å². The monoisotopic (exact) mass is 304 g/mol. The molecule has 1 rings (SSSR count). The Balaban J connectivity index is 2.65. The van der Waals surface area contributed by atoms with Crippen LogP contribution < -0.4 is 15.4 Å². The minimum Gasteiger partial charge on any atom is -0.483 e. The van der Waals surface area contributed by atoms with Crippen LogP contribution in [0.3, 0.4) is 0 Å². The van der Waals surface area contributed by atoms with Crippen molar-refractivity contribution in [3.05, 3.63) is 29.3 Å². The molecule has 0 aliphatic heterocycles. The number of hydrogen-bond donors (Lipinski definition) is 2. The lowest BCUT2D eigenvalue weighted by atomic mass is 10.0. The number of ether oxygens (including phenoxy) is 1. The second-order valence-corrected chi connectivity index (χ2v) is 4.73. The highest BCUT2D eigenvalue weighted by atomic mass is 19.4. The fourth-order valence-electron chi connectivity index (χ4n) is 1.69. The quantitative estimate of drug-likeness (QED) is 0.848. The molecule has 7 heteroatoms. The molecule has 0 aliphatic rings. The zero-order chi connectivity index (χ0) is 16.0. The smallest absolute Gasteiger partial charge is 0.405 e. The van der Waals surface area contributed by atoms with Crippen molar-refractivity contribution < 1.29 is 22.7 Å². The van der Waals surface area contributed by atoms with Gasteiger partial charge >= 0.3 is 6.18 Å². The highest BCUT2D eigenvalue weighted by Gasteiger charge is 2.27. The van der Waals surface area contributed by atoms with Gasteiger partial charge < -0.3 is 15.4 Å². The molecule has 0 radical (unpaired) electrons. The zero-order valence-electron chi connectivity index (χ0n) is 12.2. The zero-order valence-corrected chi connectivity index (χ0v) is 12.2. The highest BCUT2D eigenvalue weighted by molar-refractivity contribution is 5.77. The summed E-state index contributed by atoms with van der Waals surface area (Å²) in [5.74, 6) is -0.333. The van der Waals surface area contributed by atoms with Crippen LogP contribution in [-0.4, -0.2) is 32.3 Å². The van der Waals surface area contributed by atoms with Crippen LogP contribution in [0.25, 0.3) is 0 Å². The lowest BCUT2D eigenvalue weighted by Crippen LogP contribution is -2.36. The molecule has 0 aliphatic carbocycles. The SMILES string of the molecule is CNC(C)c1cc(C)ccc1OCC(=O)NCC(F)(F)F. The van der Waals surface area contributed by atoms with Gasteiger partial charge in [0.15, 0.2) is 6.61 Å². The van der Waals surface area contributed by atoms with Crippen LogP contribution in [0.15, 0.2) is 18.2 Å². The Morgan fingerprint density at radius 1 is 1.38 bits per heavy atom. The molecule has 1 unspecified atom stereocenters. The van der Waals surface area contributed by atoms with Crippen molar-refractivity contribution >= 4 is 5.91 Å². The van der Waals surface area contributed by atoms with Crippen molar-refractivity contribution in [3.63, 3.8) is 0 Å². The van der Waals surface area contributed by atoms with Crippen LogP contribution in [0.1, 0.15) is 24.1 Å². The predicted octanol–water partition coefficient (Wildman–Crippen LogP) is 2.33. The minimum atomic E-state index is -4.43. The summed E-state index contributed by atoms with van der Waals surface area (Å²) in [6.45, 7) is 2.03. The van der Waals surface area contributed by atoms with Gasteiger partial charge in [-0.1, -0.05) is 17.7 Å². The van der Waals surface area contributed by atoms with E-state index in [9.17, 15) is 18.0 Å². The third-order valence-electron chi connectivity index (χ3n) is 2.91. The van der Waals surface area contributed by atoms with Gasteiger partial charge in [-0.15, -0.1) is 0 Å². The van der Waals surface area contributed by atoms with Gasteiger partial charge in [0.1, 0.15) is 12.3 Å². The number of benzene rings is 1. The van der Waals surface area contributed by atoms with Gasteiger partial charge in [0.25, 0.3) is 5.91 Å². The standard InChI is InChI=1S/C14H19F3N2O2/c1-9-4-5-12(11(6-9)10(2)18-3)21-7-13(20)19-8-14(15,16)17/h4-6,10,18H,7-8H2,1-3H3,(H,19,20). The van der Waals surface area contributed by atoms with E-state index < -0.39 is 25.2 Å². The number of carbonyl (C=O) groups excluding carboxylic acids is 1. The Morgan fingerprint density at radius 3 is 2.62 bits per heavy atom. The molecule has 21 heavy (non-hydrogen) atoms. The number of alkyl halides is 3. The molecule has 0 fully saturated rings. The molecule has 0 saturated heterocycles. The van der Waals surface area contributed by atoms with E-state index in [0.717, 1.165) is 11.1 Å². The Labute approximate surface area is 121 Å². The van der Waals surface area contributed by atoms with Crippen LogP contribution in [0.4, 0.5) is 13.2 Å². The Kier molecular flexibility index (Phi) is 6.02. The maximum absolute atomic E-state index is 12.0. The summed E-state index contributed by atoms with van der Waals surface area (Å²) in [5.41, 5.74) is 1.88. The number of amides is 1. The molecule has 2 N–H and O–H groups in total. The third-order valence-corrected chi connectivity index (χ3v) is 2.91. The second-order valence-electron chi connectivity index (χ2n) is 4.73. The van der Waals surface area contributed by atoms with Gasteiger partial charge in [-0.05, 0) is 27.0 Å². The van der Waals surface area contributed by atoms with Crippen molar-refractivity contribution in [2.24, 2.45) is 0 Å². The van der Waals surface area contributed by atoms with E-state index in [-0.39, 0.29) is 6.04 Å². The number of hydrogen-bond acceptors (Lipinski definition) is 3. The van der Waals surface area contributed by atoms with Crippen LogP contribution in [0, 0.1) is 6.92 Å². The fraction of sp³-hybridized carbons (Fsp3) is 0.500. The third kappa shape index (κ3) is 6.03. The summed E-state index contributed by atoms with van der Waals surface area (Å²) < 4.78 is 41.2. The van der Waals surface area contributed by atoms with Gasteiger partial charge in [0.05, 0.1) is 0 Å².